The van der Waals surface area contributed by atoms with E-state index >= 15 is 0 Å². The minimum atomic E-state index is -3.48. The minimum Gasteiger partial charge on any atom is -0.383 e. The Hall–Kier alpha value is 0.01000. The summed E-state index contributed by atoms with van der Waals surface area (Å²) in [5, 5.41) is 0. The van der Waals surface area contributed by atoms with Crippen LogP contribution in [0.15, 0.2) is 14.7 Å². The van der Waals surface area contributed by atoms with Crippen LogP contribution < -0.4 is 5.73 Å². The fourth-order valence-corrected chi connectivity index (χ4v) is 5.40. The van der Waals surface area contributed by atoms with Gasteiger partial charge in [0.15, 0.2) is 0 Å². The van der Waals surface area contributed by atoms with Gasteiger partial charge in [0.05, 0.1) is 10.4 Å². The van der Waals surface area contributed by atoms with E-state index in [1.54, 1.807) is 20.1 Å². The van der Waals surface area contributed by atoms with Gasteiger partial charge in [0.2, 0.25) is 10.0 Å². The Morgan fingerprint density at radius 2 is 2.22 bits per heavy atom. The maximum atomic E-state index is 12.4. The number of hydrogen-bond donors (Lipinski definition) is 1. The van der Waals surface area contributed by atoms with E-state index in [-0.39, 0.29) is 4.90 Å². The third-order valence-electron chi connectivity index (χ3n) is 2.42. The summed E-state index contributed by atoms with van der Waals surface area (Å²) in [4.78, 5) is 1.12. The van der Waals surface area contributed by atoms with Crippen molar-refractivity contribution < 1.29 is 13.2 Å². The number of hydrogen-bond acceptors (Lipinski definition) is 5. The van der Waals surface area contributed by atoms with E-state index in [1.165, 1.54) is 15.6 Å². The zero-order valence-corrected chi connectivity index (χ0v) is 13.6. The van der Waals surface area contributed by atoms with Crippen LogP contribution in [0, 0.1) is 0 Å². The number of thiophene rings is 1. The van der Waals surface area contributed by atoms with E-state index in [2.05, 4.69) is 15.9 Å². The van der Waals surface area contributed by atoms with E-state index < -0.39 is 10.0 Å². The predicted molar refractivity (Wildman–Crippen MR) is 76.2 cm³/mol. The summed E-state index contributed by atoms with van der Waals surface area (Å²) in [6, 6.07) is 1.62. The lowest BCUT2D eigenvalue weighted by molar-refractivity contribution is 0.180. The average Bonchev–Trinajstić information content (AvgIpc) is 2.72. The lowest BCUT2D eigenvalue weighted by Gasteiger charge is -2.19. The third kappa shape index (κ3) is 3.52. The number of methoxy groups -OCH3 is 1. The SMILES string of the molecule is CCN(CCOC)S(=O)(=O)c1cc(CN)sc1Br. The van der Waals surface area contributed by atoms with Crippen molar-refractivity contribution in [3.05, 3.63) is 14.7 Å². The summed E-state index contributed by atoms with van der Waals surface area (Å²) >= 11 is 4.63. The van der Waals surface area contributed by atoms with Crippen molar-refractivity contribution >= 4 is 37.3 Å². The lowest BCUT2D eigenvalue weighted by Crippen LogP contribution is -2.33. The molecule has 0 amide bonds. The highest BCUT2D eigenvalue weighted by molar-refractivity contribution is 9.11. The molecule has 0 bridgehead atoms. The van der Waals surface area contributed by atoms with Crippen molar-refractivity contribution in [1.29, 1.82) is 0 Å². The van der Waals surface area contributed by atoms with Crippen LogP contribution in [-0.4, -0.2) is 39.5 Å². The van der Waals surface area contributed by atoms with Gasteiger partial charge in [0.1, 0.15) is 4.90 Å². The molecule has 5 nitrogen and oxygen atoms in total. The highest BCUT2D eigenvalue weighted by Gasteiger charge is 2.26. The van der Waals surface area contributed by atoms with E-state index in [1.807, 2.05) is 0 Å². The van der Waals surface area contributed by atoms with Gasteiger partial charge in [0.25, 0.3) is 0 Å². The molecule has 0 saturated heterocycles. The predicted octanol–water partition coefficient (Wildman–Crippen LogP) is 1.63. The monoisotopic (exact) mass is 356 g/mol. The smallest absolute Gasteiger partial charge is 0.245 e. The molecule has 0 aliphatic heterocycles. The molecule has 1 rings (SSSR count). The number of sulfonamides is 1. The fraction of sp³-hybridized carbons (Fsp3) is 0.600. The Bertz CT molecular complexity index is 487. The molecule has 18 heavy (non-hydrogen) atoms. The molecular formula is C10H17BrN2O3S2. The van der Waals surface area contributed by atoms with Crippen molar-refractivity contribution in [1.82, 2.24) is 4.31 Å². The van der Waals surface area contributed by atoms with Gasteiger partial charge in [-0.2, -0.15) is 4.31 Å². The number of nitrogens with two attached hydrogens (primary N) is 1. The van der Waals surface area contributed by atoms with Crippen molar-refractivity contribution in [2.24, 2.45) is 5.73 Å². The van der Waals surface area contributed by atoms with Gasteiger partial charge >= 0.3 is 0 Å². The summed E-state index contributed by atoms with van der Waals surface area (Å²) in [6.07, 6.45) is 0. The van der Waals surface area contributed by atoms with Gasteiger partial charge in [-0.15, -0.1) is 11.3 Å². The van der Waals surface area contributed by atoms with Crippen molar-refractivity contribution in [2.75, 3.05) is 26.8 Å². The molecule has 0 aromatic carbocycles. The first kappa shape index (κ1) is 16.1. The van der Waals surface area contributed by atoms with Crippen LogP contribution in [0.1, 0.15) is 11.8 Å². The number of likely N-dealkylation sites (N-methyl/N-ethyl adjacent to an activating group) is 1. The highest BCUT2D eigenvalue weighted by Crippen LogP contribution is 2.33. The van der Waals surface area contributed by atoms with Crippen molar-refractivity contribution in [3.63, 3.8) is 0 Å². The molecule has 8 heteroatoms. The molecule has 0 fully saturated rings. The Balaban J connectivity index is 3.06. The second kappa shape index (κ2) is 6.97. The largest absolute Gasteiger partial charge is 0.383 e. The van der Waals surface area contributed by atoms with Gasteiger partial charge in [-0.05, 0) is 22.0 Å². The molecule has 0 atom stereocenters. The lowest BCUT2D eigenvalue weighted by atomic mass is 10.5. The molecule has 1 heterocycles. The maximum Gasteiger partial charge on any atom is 0.245 e. The Morgan fingerprint density at radius 1 is 1.56 bits per heavy atom. The molecular weight excluding hydrogens is 340 g/mol. The van der Waals surface area contributed by atoms with Crippen LogP contribution in [0.5, 0.6) is 0 Å². The Kier molecular flexibility index (Phi) is 6.22. The normalized spacial score (nSPS) is 12.3. The molecule has 0 unspecified atom stereocenters. The number of nitrogens with zero attached hydrogens (tertiary/aromatic N) is 1. The summed E-state index contributed by atoms with van der Waals surface area (Å²) in [5.74, 6) is 0. The van der Waals surface area contributed by atoms with Gasteiger partial charge < -0.3 is 10.5 Å². The zero-order valence-electron chi connectivity index (χ0n) is 10.3. The van der Waals surface area contributed by atoms with Gasteiger partial charge in [-0.1, -0.05) is 6.92 Å². The second-order valence-corrected chi connectivity index (χ2v) is 7.91. The molecule has 1 aromatic rings. The summed E-state index contributed by atoms with van der Waals surface area (Å²) in [5.41, 5.74) is 5.53. The second-order valence-electron chi connectivity index (χ2n) is 3.54. The van der Waals surface area contributed by atoms with Crippen molar-refractivity contribution in [3.8, 4) is 0 Å². The molecule has 0 spiro atoms. The maximum absolute atomic E-state index is 12.4. The molecule has 0 aliphatic carbocycles. The summed E-state index contributed by atoms with van der Waals surface area (Å²) in [6.45, 7) is 3.26. The van der Waals surface area contributed by atoms with Crippen molar-refractivity contribution in [2.45, 2.75) is 18.4 Å². The first-order valence-corrected chi connectivity index (χ1v) is 8.49. The number of ether oxygens (including phenoxy) is 1. The van der Waals surface area contributed by atoms with Crippen LogP contribution in [0.25, 0.3) is 0 Å². The summed E-state index contributed by atoms with van der Waals surface area (Å²) < 4.78 is 31.8. The standard InChI is InChI=1S/C10H17BrN2O3S2/c1-3-13(4-5-16-2)18(14,15)9-6-8(7-12)17-10(9)11/h6H,3-5,7,12H2,1-2H3. The van der Waals surface area contributed by atoms with Crippen LogP contribution in [0.2, 0.25) is 0 Å². The molecule has 1 aromatic heterocycles. The van der Waals surface area contributed by atoms with Crippen LogP contribution >= 0.6 is 27.3 Å². The zero-order chi connectivity index (χ0) is 13.8. The Morgan fingerprint density at radius 3 is 2.67 bits per heavy atom. The van der Waals surface area contributed by atoms with E-state index in [0.717, 1.165) is 4.88 Å². The van der Waals surface area contributed by atoms with Gasteiger partial charge in [-0.3, -0.25) is 0 Å². The average molecular weight is 357 g/mol. The van der Waals surface area contributed by atoms with E-state index in [0.29, 0.717) is 30.0 Å². The molecule has 2 N–H and O–H groups in total. The minimum absolute atomic E-state index is 0.283. The topological polar surface area (TPSA) is 72.6 Å². The summed E-state index contributed by atoms with van der Waals surface area (Å²) in [7, 11) is -1.93. The number of halogens is 1. The highest BCUT2D eigenvalue weighted by atomic mass is 79.9. The van der Waals surface area contributed by atoms with Gasteiger partial charge in [-0.25, -0.2) is 8.42 Å². The number of rotatable bonds is 7. The fourth-order valence-electron chi connectivity index (χ4n) is 1.45. The first-order valence-electron chi connectivity index (χ1n) is 5.44. The first-order chi connectivity index (χ1) is 8.47. The van der Waals surface area contributed by atoms with Crippen LogP contribution in [0.4, 0.5) is 0 Å². The molecule has 0 radical (unpaired) electrons. The van der Waals surface area contributed by atoms with E-state index in [9.17, 15) is 8.42 Å². The van der Waals surface area contributed by atoms with E-state index in [4.69, 9.17) is 10.5 Å². The molecule has 104 valence electrons. The Labute approximate surface area is 120 Å². The molecule has 0 saturated carbocycles. The van der Waals surface area contributed by atoms with Gasteiger partial charge in [0, 0.05) is 31.6 Å². The quantitative estimate of drug-likeness (QED) is 0.805. The third-order valence-corrected chi connectivity index (χ3v) is 6.67. The molecule has 0 aliphatic rings. The van der Waals surface area contributed by atoms with Crippen LogP contribution in [0.3, 0.4) is 0 Å². The van der Waals surface area contributed by atoms with Crippen LogP contribution in [-0.2, 0) is 21.3 Å².